The maximum Gasteiger partial charge on any atom is 0.305 e. The molecule has 132 valence electrons. The fraction of sp³-hybridized carbons (Fsp3) is 0.471. The Kier molecular flexibility index (Phi) is 8.93. The average Bonchev–Trinajstić information content (AvgIpc) is 2.57. The van der Waals surface area contributed by atoms with Gasteiger partial charge in [-0.15, -0.1) is 11.8 Å². The van der Waals surface area contributed by atoms with Crippen LogP contribution < -0.4 is 10.6 Å². The number of hydrogen-bond donors (Lipinski definition) is 3. The zero-order valence-corrected chi connectivity index (χ0v) is 14.8. The molecular weight excluding hydrogens is 328 g/mol. The van der Waals surface area contributed by atoms with Crippen molar-refractivity contribution < 1.29 is 19.5 Å². The number of hydrogen-bond acceptors (Lipinski definition) is 4. The average molecular weight is 352 g/mol. The van der Waals surface area contributed by atoms with Crippen LogP contribution in [-0.4, -0.2) is 35.7 Å². The van der Waals surface area contributed by atoms with Crippen LogP contribution in [0.2, 0.25) is 0 Å². The van der Waals surface area contributed by atoms with E-state index in [0.717, 1.165) is 16.9 Å². The summed E-state index contributed by atoms with van der Waals surface area (Å²) in [6, 6.07) is 6.80. The van der Waals surface area contributed by atoms with Gasteiger partial charge in [-0.05, 0) is 30.4 Å². The quantitative estimate of drug-likeness (QED) is 0.562. The second-order valence-electron chi connectivity index (χ2n) is 5.34. The summed E-state index contributed by atoms with van der Waals surface area (Å²) < 4.78 is 0. The molecule has 1 rings (SSSR count). The zero-order chi connectivity index (χ0) is 17.9. The second kappa shape index (κ2) is 10.7. The first kappa shape index (κ1) is 20.0. The Morgan fingerprint density at radius 3 is 2.29 bits per heavy atom. The Bertz CT molecular complexity index is 560. The van der Waals surface area contributed by atoms with Crippen LogP contribution >= 0.6 is 11.8 Å². The van der Waals surface area contributed by atoms with E-state index in [1.54, 1.807) is 11.8 Å². The van der Waals surface area contributed by atoms with Crippen molar-refractivity contribution in [2.45, 2.75) is 43.5 Å². The maximum absolute atomic E-state index is 12.0. The monoisotopic (exact) mass is 352 g/mol. The van der Waals surface area contributed by atoms with Crippen molar-refractivity contribution in [3.63, 3.8) is 0 Å². The van der Waals surface area contributed by atoms with Gasteiger partial charge in [0.1, 0.15) is 0 Å². The molecule has 0 aliphatic rings. The Morgan fingerprint density at radius 1 is 1.12 bits per heavy atom. The number of carboxylic acids is 1. The van der Waals surface area contributed by atoms with Gasteiger partial charge in [-0.25, -0.2) is 0 Å². The minimum absolute atomic E-state index is 0.0363. The molecule has 1 aromatic rings. The molecule has 0 spiro atoms. The van der Waals surface area contributed by atoms with E-state index in [1.165, 1.54) is 0 Å². The minimum Gasteiger partial charge on any atom is -0.481 e. The van der Waals surface area contributed by atoms with Crippen molar-refractivity contribution in [1.29, 1.82) is 0 Å². The molecular formula is C17H24N2O4S. The molecule has 0 saturated carbocycles. The number of nitrogens with one attached hydrogen (secondary N) is 2. The van der Waals surface area contributed by atoms with Gasteiger partial charge in [-0.3, -0.25) is 14.4 Å². The summed E-state index contributed by atoms with van der Waals surface area (Å²) in [5, 5.41) is 14.5. The Labute approximate surface area is 146 Å². The molecule has 7 heteroatoms. The third kappa shape index (κ3) is 7.50. The minimum atomic E-state index is -0.991. The van der Waals surface area contributed by atoms with Crippen molar-refractivity contribution in [2.24, 2.45) is 0 Å². The van der Waals surface area contributed by atoms with Gasteiger partial charge in [0, 0.05) is 24.3 Å². The Hall–Kier alpha value is -2.02. The topological polar surface area (TPSA) is 95.5 Å². The van der Waals surface area contributed by atoms with Gasteiger partial charge in [-0.1, -0.05) is 19.1 Å². The number of carbonyl (C=O) groups excluding carboxylic acids is 2. The molecule has 1 unspecified atom stereocenters. The molecule has 3 N–H and O–H groups in total. The summed E-state index contributed by atoms with van der Waals surface area (Å²) in [6.45, 7) is 2.54. The molecule has 0 aliphatic carbocycles. The first-order valence-electron chi connectivity index (χ1n) is 7.88. The predicted octanol–water partition coefficient (Wildman–Crippen LogP) is 2.35. The normalized spacial score (nSPS) is 11.6. The summed E-state index contributed by atoms with van der Waals surface area (Å²) in [5.41, 5.74) is 0.735. The molecule has 0 radical (unpaired) electrons. The third-order valence-electron chi connectivity index (χ3n) is 3.38. The van der Waals surface area contributed by atoms with E-state index in [2.05, 4.69) is 10.6 Å². The van der Waals surface area contributed by atoms with Crippen LogP contribution in [0.3, 0.4) is 0 Å². The highest BCUT2D eigenvalue weighted by Gasteiger charge is 2.18. The summed E-state index contributed by atoms with van der Waals surface area (Å²) >= 11 is 1.59. The summed E-state index contributed by atoms with van der Waals surface area (Å²) in [4.78, 5) is 35.7. The number of amides is 2. The summed E-state index contributed by atoms with van der Waals surface area (Å²) in [6.07, 6.45) is 2.72. The molecule has 6 nitrogen and oxygen atoms in total. The molecule has 0 aliphatic heterocycles. The molecule has 0 fully saturated rings. The van der Waals surface area contributed by atoms with Crippen LogP contribution in [0.5, 0.6) is 0 Å². The van der Waals surface area contributed by atoms with E-state index in [0.29, 0.717) is 6.54 Å². The highest BCUT2D eigenvalue weighted by molar-refractivity contribution is 7.98. The number of thioether (sulfide) groups is 1. The second-order valence-corrected chi connectivity index (χ2v) is 6.22. The van der Waals surface area contributed by atoms with E-state index < -0.39 is 12.0 Å². The summed E-state index contributed by atoms with van der Waals surface area (Å²) in [5.74, 6) is -1.50. The first-order valence-corrected chi connectivity index (χ1v) is 9.10. The largest absolute Gasteiger partial charge is 0.481 e. The van der Waals surface area contributed by atoms with Gasteiger partial charge in [0.15, 0.2) is 0 Å². The molecule has 0 saturated heterocycles. The van der Waals surface area contributed by atoms with Gasteiger partial charge in [0.25, 0.3) is 0 Å². The Morgan fingerprint density at radius 2 is 1.75 bits per heavy atom. The highest BCUT2D eigenvalue weighted by atomic mass is 32.2. The molecule has 0 bridgehead atoms. The van der Waals surface area contributed by atoms with Crippen LogP contribution in [0.25, 0.3) is 0 Å². The standard InChI is InChI=1S/C17H24N2O4S/c1-3-10-18-15(20)8-9-16(21)19-14(11-17(22)23)12-4-6-13(24-2)7-5-12/h4-7,14H,3,8-11H2,1-2H3,(H,18,20)(H,19,21)(H,22,23). The molecule has 0 aromatic heterocycles. The molecule has 1 aromatic carbocycles. The lowest BCUT2D eigenvalue weighted by molar-refractivity contribution is -0.138. The number of rotatable bonds is 10. The van der Waals surface area contributed by atoms with Crippen LogP contribution in [0.1, 0.15) is 44.2 Å². The number of aliphatic carboxylic acids is 1. The smallest absolute Gasteiger partial charge is 0.305 e. The van der Waals surface area contributed by atoms with Gasteiger partial charge in [0.05, 0.1) is 12.5 Å². The van der Waals surface area contributed by atoms with E-state index >= 15 is 0 Å². The van der Waals surface area contributed by atoms with Crippen molar-refractivity contribution in [3.05, 3.63) is 29.8 Å². The lowest BCUT2D eigenvalue weighted by Gasteiger charge is -2.18. The van der Waals surface area contributed by atoms with Crippen LogP contribution in [-0.2, 0) is 14.4 Å². The SMILES string of the molecule is CCCNC(=O)CCC(=O)NC(CC(=O)O)c1ccc(SC)cc1. The lowest BCUT2D eigenvalue weighted by atomic mass is 10.0. The molecule has 2 amide bonds. The molecule has 1 atom stereocenters. The lowest BCUT2D eigenvalue weighted by Crippen LogP contribution is -2.32. The maximum atomic E-state index is 12.0. The third-order valence-corrected chi connectivity index (χ3v) is 4.13. The van der Waals surface area contributed by atoms with Gasteiger partial charge < -0.3 is 15.7 Å². The summed E-state index contributed by atoms with van der Waals surface area (Å²) in [7, 11) is 0. The van der Waals surface area contributed by atoms with Crippen molar-refractivity contribution in [2.75, 3.05) is 12.8 Å². The van der Waals surface area contributed by atoms with Crippen molar-refractivity contribution in [1.82, 2.24) is 10.6 Å². The fourth-order valence-corrected chi connectivity index (χ4v) is 2.52. The van der Waals surface area contributed by atoms with Crippen LogP contribution in [0.15, 0.2) is 29.2 Å². The van der Waals surface area contributed by atoms with Crippen LogP contribution in [0.4, 0.5) is 0 Å². The Balaban J connectivity index is 2.63. The molecule has 0 heterocycles. The van der Waals surface area contributed by atoms with Gasteiger partial charge in [-0.2, -0.15) is 0 Å². The van der Waals surface area contributed by atoms with Crippen LogP contribution in [0, 0.1) is 0 Å². The zero-order valence-electron chi connectivity index (χ0n) is 14.0. The van der Waals surface area contributed by atoms with Gasteiger partial charge in [0.2, 0.25) is 11.8 Å². The van der Waals surface area contributed by atoms with Crippen molar-refractivity contribution in [3.8, 4) is 0 Å². The van der Waals surface area contributed by atoms with Gasteiger partial charge >= 0.3 is 5.97 Å². The van der Waals surface area contributed by atoms with E-state index in [1.807, 2.05) is 37.4 Å². The fourth-order valence-electron chi connectivity index (χ4n) is 2.11. The highest BCUT2D eigenvalue weighted by Crippen LogP contribution is 2.21. The van der Waals surface area contributed by atoms with E-state index in [4.69, 9.17) is 5.11 Å². The van der Waals surface area contributed by atoms with E-state index in [9.17, 15) is 14.4 Å². The number of carbonyl (C=O) groups is 3. The number of carboxylic acid groups (broad SMARTS) is 1. The molecule has 24 heavy (non-hydrogen) atoms. The van der Waals surface area contributed by atoms with Crippen molar-refractivity contribution >= 4 is 29.5 Å². The number of benzene rings is 1. The predicted molar refractivity (Wildman–Crippen MR) is 93.9 cm³/mol. The first-order chi connectivity index (χ1) is 11.5. The van der Waals surface area contributed by atoms with E-state index in [-0.39, 0.29) is 31.1 Å².